The third kappa shape index (κ3) is 1.77. The molecule has 14 heavy (non-hydrogen) atoms. The van der Waals surface area contributed by atoms with Crippen molar-refractivity contribution in [3.05, 3.63) is 0 Å². The van der Waals surface area contributed by atoms with Crippen LogP contribution in [0.25, 0.3) is 0 Å². The van der Waals surface area contributed by atoms with Crippen molar-refractivity contribution < 1.29 is 5.11 Å². The van der Waals surface area contributed by atoms with Crippen LogP contribution in [-0.2, 0) is 0 Å². The van der Waals surface area contributed by atoms with Gasteiger partial charge in [-0.2, -0.15) is 5.26 Å². The summed E-state index contributed by atoms with van der Waals surface area (Å²) >= 11 is 0. The van der Waals surface area contributed by atoms with Gasteiger partial charge in [0.1, 0.15) is 0 Å². The number of likely N-dealkylation sites (tertiary alicyclic amines) is 1. The number of rotatable bonds is 2. The molecule has 0 aromatic rings. The summed E-state index contributed by atoms with van der Waals surface area (Å²) < 4.78 is 0. The van der Waals surface area contributed by atoms with Gasteiger partial charge in [-0.3, -0.25) is 4.90 Å². The Balaban J connectivity index is 1.93. The molecule has 3 nitrogen and oxygen atoms in total. The molecule has 1 saturated carbocycles. The van der Waals surface area contributed by atoms with Crippen molar-refractivity contribution in [2.45, 2.75) is 31.7 Å². The van der Waals surface area contributed by atoms with Gasteiger partial charge in [0.25, 0.3) is 0 Å². The fourth-order valence-electron chi connectivity index (χ4n) is 2.84. The molecule has 3 atom stereocenters. The van der Waals surface area contributed by atoms with E-state index in [1.807, 2.05) is 0 Å². The molecule has 2 rings (SSSR count). The lowest BCUT2D eigenvalue weighted by atomic mass is 10.0. The van der Waals surface area contributed by atoms with E-state index in [1.165, 1.54) is 12.8 Å². The summed E-state index contributed by atoms with van der Waals surface area (Å²) in [5.41, 5.74) is 0. The Bertz CT molecular complexity index is 236. The number of nitriles is 1. The smallest absolute Gasteiger partial charge is 0.0672 e. The molecule has 1 aliphatic heterocycles. The Kier molecular flexibility index (Phi) is 3.05. The molecule has 78 valence electrons. The molecule has 1 saturated heterocycles. The molecule has 3 heteroatoms. The van der Waals surface area contributed by atoms with E-state index in [4.69, 9.17) is 10.4 Å². The first-order valence-corrected chi connectivity index (χ1v) is 5.59. The van der Waals surface area contributed by atoms with E-state index in [-0.39, 0.29) is 5.92 Å². The molecule has 0 bridgehead atoms. The summed E-state index contributed by atoms with van der Waals surface area (Å²) in [6, 6.07) is 2.90. The summed E-state index contributed by atoms with van der Waals surface area (Å²) in [5.74, 6) is 0.697. The first kappa shape index (κ1) is 9.95. The first-order valence-electron chi connectivity index (χ1n) is 5.59. The third-order valence-electron chi connectivity index (χ3n) is 3.69. The van der Waals surface area contributed by atoms with Crippen molar-refractivity contribution in [1.29, 1.82) is 5.26 Å². The van der Waals surface area contributed by atoms with Gasteiger partial charge in [-0.1, -0.05) is 6.42 Å². The maximum Gasteiger partial charge on any atom is 0.0672 e. The van der Waals surface area contributed by atoms with E-state index in [0.29, 0.717) is 18.6 Å². The van der Waals surface area contributed by atoms with Crippen molar-refractivity contribution in [3.8, 4) is 6.07 Å². The van der Waals surface area contributed by atoms with Crippen molar-refractivity contribution in [1.82, 2.24) is 4.90 Å². The molecule has 1 aliphatic carbocycles. The average molecular weight is 194 g/mol. The number of hydrogen-bond acceptors (Lipinski definition) is 3. The SMILES string of the molecule is N#CC1CCCC1N1CCC(CO)C1. The first-order chi connectivity index (χ1) is 6.85. The third-order valence-corrected chi connectivity index (χ3v) is 3.69. The molecule has 1 N–H and O–H groups in total. The zero-order valence-corrected chi connectivity index (χ0v) is 8.52. The predicted molar refractivity (Wildman–Crippen MR) is 53.5 cm³/mol. The fourth-order valence-corrected chi connectivity index (χ4v) is 2.84. The Morgan fingerprint density at radius 2 is 2.21 bits per heavy atom. The van der Waals surface area contributed by atoms with Crippen LogP contribution in [0, 0.1) is 23.2 Å². The van der Waals surface area contributed by atoms with Gasteiger partial charge in [0.05, 0.1) is 12.0 Å². The Hall–Kier alpha value is -0.590. The maximum atomic E-state index is 9.06. The second-order valence-electron chi connectivity index (χ2n) is 4.57. The lowest BCUT2D eigenvalue weighted by molar-refractivity contribution is 0.186. The van der Waals surface area contributed by atoms with Crippen molar-refractivity contribution in [2.75, 3.05) is 19.7 Å². The van der Waals surface area contributed by atoms with Crippen LogP contribution in [0.3, 0.4) is 0 Å². The van der Waals surface area contributed by atoms with E-state index in [1.54, 1.807) is 0 Å². The van der Waals surface area contributed by atoms with Crippen molar-refractivity contribution in [3.63, 3.8) is 0 Å². The molecule has 0 amide bonds. The van der Waals surface area contributed by atoms with Crippen LogP contribution in [0.2, 0.25) is 0 Å². The highest BCUT2D eigenvalue weighted by molar-refractivity contribution is 4.99. The molecular formula is C11H18N2O. The van der Waals surface area contributed by atoms with E-state index in [0.717, 1.165) is 25.9 Å². The lowest BCUT2D eigenvalue weighted by Gasteiger charge is -2.25. The second-order valence-corrected chi connectivity index (χ2v) is 4.57. The average Bonchev–Trinajstić information content (AvgIpc) is 2.85. The van der Waals surface area contributed by atoms with Crippen LogP contribution in [0.1, 0.15) is 25.7 Å². The number of hydrogen-bond donors (Lipinski definition) is 1. The van der Waals surface area contributed by atoms with Crippen LogP contribution in [-0.4, -0.2) is 35.7 Å². The molecule has 0 aromatic carbocycles. The molecule has 2 fully saturated rings. The van der Waals surface area contributed by atoms with Gasteiger partial charge < -0.3 is 5.11 Å². The fraction of sp³-hybridized carbons (Fsp3) is 0.909. The summed E-state index contributed by atoms with van der Waals surface area (Å²) in [7, 11) is 0. The highest BCUT2D eigenvalue weighted by Crippen LogP contribution is 2.32. The Labute approximate surface area is 85.3 Å². The minimum atomic E-state index is 0.243. The van der Waals surface area contributed by atoms with Gasteiger partial charge in [-0.25, -0.2) is 0 Å². The Morgan fingerprint density at radius 1 is 1.36 bits per heavy atom. The topological polar surface area (TPSA) is 47.3 Å². The van der Waals surface area contributed by atoms with Crippen LogP contribution in [0.5, 0.6) is 0 Å². The molecule has 1 heterocycles. The minimum absolute atomic E-state index is 0.243. The maximum absolute atomic E-state index is 9.06. The zero-order chi connectivity index (χ0) is 9.97. The predicted octanol–water partition coefficient (Wildman–Crippen LogP) is 0.993. The number of aliphatic hydroxyl groups excluding tert-OH is 1. The normalized spacial score (nSPS) is 38.7. The highest BCUT2D eigenvalue weighted by Gasteiger charge is 2.35. The second kappa shape index (κ2) is 4.29. The highest BCUT2D eigenvalue weighted by atomic mass is 16.3. The molecular weight excluding hydrogens is 176 g/mol. The van der Waals surface area contributed by atoms with Gasteiger partial charge in [-0.05, 0) is 31.7 Å². The lowest BCUT2D eigenvalue weighted by Crippen LogP contribution is -2.35. The molecule has 0 radical (unpaired) electrons. The van der Waals surface area contributed by atoms with Crippen molar-refractivity contribution in [2.24, 2.45) is 11.8 Å². The Morgan fingerprint density at radius 3 is 2.86 bits per heavy atom. The molecule has 3 unspecified atom stereocenters. The monoisotopic (exact) mass is 194 g/mol. The molecule has 0 spiro atoms. The van der Waals surface area contributed by atoms with Crippen LogP contribution in [0.4, 0.5) is 0 Å². The standard InChI is InChI=1S/C11H18N2O/c12-6-10-2-1-3-11(10)13-5-4-9(7-13)8-14/h9-11,14H,1-5,7-8H2. The number of aliphatic hydroxyl groups is 1. The van der Waals surface area contributed by atoms with Gasteiger partial charge in [0, 0.05) is 19.2 Å². The summed E-state index contributed by atoms with van der Waals surface area (Å²) in [6.45, 7) is 2.38. The van der Waals surface area contributed by atoms with Crippen LogP contribution >= 0.6 is 0 Å². The minimum Gasteiger partial charge on any atom is -0.396 e. The zero-order valence-electron chi connectivity index (χ0n) is 8.52. The van der Waals surface area contributed by atoms with Crippen molar-refractivity contribution >= 4 is 0 Å². The van der Waals surface area contributed by atoms with E-state index in [2.05, 4.69) is 11.0 Å². The van der Waals surface area contributed by atoms with Gasteiger partial charge in [0.15, 0.2) is 0 Å². The summed E-state index contributed by atoms with van der Waals surface area (Å²) in [6.07, 6.45) is 4.55. The quantitative estimate of drug-likeness (QED) is 0.713. The van der Waals surface area contributed by atoms with Crippen LogP contribution < -0.4 is 0 Å². The van der Waals surface area contributed by atoms with Gasteiger partial charge >= 0.3 is 0 Å². The summed E-state index contributed by atoms with van der Waals surface area (Å²) in [4.78, 5) is 2.42. The number of nitrogens with zero attached hydrogens (tertiary/aromatic N) is 2. The molecule has 0 aromatic heterocycles. The van der Waals surface area contributed by atoms with E-state index in [9.17, 15) is 0 Å². The van der Waals surface area contributed by atoms with E-state index < -0.39 is 0 Å². The molecule has 2 aliphatic rings. The van der Waals surface area contributed by atoms with Gasteiger partial charge in [-0.15, -0.1) is 0 Å². The summed E-state index contributed by atoms with van der Waals surface area (Å²) in [5, 5.41) is 18.1. The van der Waals surface area contributed by atoms with Crippen LogP contribution in [0.15, 0.2) is 0 Å². The largest absolute Gasteiger partial charge is 0.396 e. The van der Waals surface area contributed by atoms with E-state index >= 15 is 0 Å². The van der Waals surface area contributed by atoms with Gasteiger partial charge in [0.2, 0.25) is 0 Å².